The van der Waals surface area contributed by atoms with Crippen LogP contribution in [0.3, 0.4) is 0 Å². The summed E-state index contributed by atoms with van der Waals surface area (Å²) in [7, 11) is -2.55. The predicted octanol–water partition coefficient (Wildman–Crippen LogP) is 11.2. The fourth-order valence-corrected chi connectivity index (χ4v) is 7.80. The average Bonchev–Trinajstić information content (AvgIpc) is 2.94. The van der Waals surface area contributed by atoms with Gasteiger partial charge < -0.3 is 27.1 Å². The van der Waals surface area contributed by atoms with Gasteiger partial charge in [-0.3, -0.25) is 0 Å². The van der Waals surface area contributed by atoms with E-state index >= 15 is 0 Å². The molecule has 0 radical (unpaired) electrons. The maximum Gasteiger partial charge on any atom is 0.332 e. The molecule has 0 N–H and O–H groups in total. The van der Waals surface area contributed by atoms with Gasteiger partial charge in [-0.15, -0.1) is 0 Å². The van der Waals surface area contributed by atoms with E-state index in [1.807, 2.05) is 0 Å². The number of hydrogen-bond donors (Lipinski definition) is 0. The SMILES string of the molecule is CCCCCCCCCCCC(C)OP1OCC2(CO1)COP(OC(C)CCCCCCCCCCC)OC2. The van der Waals surface area contributed by atoms with Crippen molar-refractivity contribution >= 4 is 17.2 Å². The summed E-state index contributed by atoms with van der Waals surface area (Å²) in [5.41, 5.74) is -0.245. The van der Waals surface area contributed by atoms with Gasteiger partial charge in [0, 0.05) is 0 Å². The fourth-order valence-electron chi connectivity index (χ4n) is 5.09. The van der Waals surface area contributed by atoms with Crippen molar-refractivity contribution in [1.29, 1.82) is 0 Å². The molecule has 232 valence electrons. The lowest BCUT2D eigenvalue weighted by atomic mass is 9.93. The van der Waals surface area contributed by atoms with Crippen molar-refractivity contribution in [3.8, 4) is 0 Å². The van der Waals surface area contributed by atoms with Gasteiger partial charge in [-0.25, -0.2) is 0 Å². The second kappa shape index (κ2) is 23.1. The summed E-state index contributed by atoms with van der Waals surface area (Å²) in [6.45, 7) is 11.0. The van der Waals surface area contributed by atoms with Crippen molar-refractivity contribution in [2.45, 2.75) is 168 Å². The second-order valence-corrected chi connectivity index (χ2v) is 14.5. The van der Waals surface area contributed by atoms with Crippen LogP contribution in [-0.2, 0) is 27.1 Å². The van der Waals surface area contributed by atoms with Gasteiger partial charge in [0.05, 0.1) is 44.1 Å². The summed E-state index contributed by atoms with van der Waals surface area (Å²) < 4.78 is 36.1. The van der Waals surface area contributed by atoms with Crippen LogP contribution >= 0.6 is 17.2 Å². The third-order valence-electron chi connectivity index (χ3n) is 7.87. The lowest BCUT2D eigenvalue weighted by Crippen LogP contribution is -2.45. The van der Waals surface area contributed by atoms with Gasteiger partial charge >= 0.3 is 17.2 Å². The molecular weight excluding hydrogens is 530 g/mol. The summed E-state index contributed by atoms with van der Waals surface area (Å²) in [6, 6.07) is 0. The van der Waals surface area contributed by atoms with Crippen molar-refractivity contribution in [2.75, 3.05) is 26.4 Å². The normalized spacial score (nSPS) is 25.2. The molecule has 2 atom stereocenters. The highest BCUT2D eigenvalue weighted by atomic mass is 31.2. The zero-order valence-electron chi connectivity index (χ0n) is 26.0. The lowest BCUT2D eigenvalue weighted by molar-refractivity contribution is -0.0812. The van der Waals surface area contributed by atoms with Gasteiger partial charge in [-0.05, 0) is 26.7 Å². The molecule has 2 heterocycles. The Morgan fingerprint density at radius 3 is 1.08 bits per heavy atom. The van der Waals surface area contributed by atoms with Crippen molar-refractivity contribution in [3.05, 3.63) is 0 Å². The fraction of sp³-hybridized carbons (Fsp3) is 1.00. The van der Waals surface area contributed by atoms with Gasteiger partial charge in [-0.1, -0.05) is 129 Å². The van der Waals surface area contributed by atoms with E-state index in [1.54, 1.807) is 0 Å². The van der Waals surface area contributed by atoms with Crippen LogP contribution < -0.4 is 0 Å². The molecule has 0 aromatic rings. The summed E-state index contributed by atoms with van der Waals surface area (Å²) >= 11 is 0. The van der Waals surface area contributed by atoms with E-state index in [0.717, 1.165) is 12.8 Å². The Hall–Kier alpha value is 0.620. The Kier molecular flexibility index (Phi) is 21.2. The van der Waals surface area contributed by atoms with E-state index in [-0.39, 0.29) is 17.6 Å². The van der Waals surface area contributed by atoms with Crippen LogP contribution in [-0.4, -0.2) is 38.6 Å². The molecule has 0 aliphatic carbocycles. The molecule has 6 nitrogen and oxygen atoms in total. The predicted molar refractivity (Wildman–Crippen MR) is 165 cm³/mol. The molecule has 2 saturated heterocycles. The van der Waals surface area contributed by atoms with Crippen molar-refractivity contribution in [1.82, 2.24) is 0 Å². The maximum atomic E-state index is 6.07. The summed E-state index contributed by atoms with van der Waals surface area (Å²) in [4.78, 5) is 0. The van der Waals surface area contributed by atoms with Gasteiger partial charge in [0.1, 0.15) is 0 Å². The second-order valence-electron chi connectivity index (χ2n) is 12.1. The lowest BCUT2D eigenvalue weighted by Gasteiger charge is -2.42. The molecule has 1 spiro atoms. The minimum atomic E-state index is -1.28. The molecule has 8 heteroatoms. The molecule has 0 saturated carbocycles. The molecule has 2 unspecified atom stereocenters. The molecule has 2 aliphatic rings. The standard InChI is InChI=1S/C31H62O6P2/c1-5-7-9-11-13-15-17-19-21-23-29(3)36-38-32-25-31(26-33-38)27-34-39(35-28-31)37-30(4)24-22-20-18-16-14-12-10-8-6-2/h29-30H,5-28H2,1-4H3. The van der Waals surface area contributed by atoms with Crippen LogP contribution in [0.4, 0.5) is 0 Å². The van der Waals surface area contributed by atoms with Gasteiger partial charge in [0.2, 0.25) is 0 Å². The van der Waals surface area contributed by atoms with E-state index in [0.29, 0.717) is 26.4 Å². The largest absolute Gasteiger partial charge is 0.332 e. The van der Waals surface area contributed by atoms with Crippen LogP contribution in [0.15, 0.2) is 0 Å². The highest BCUT2D eigenvalue weighted by Crippen LogP contribution is 2.54. The Morgan fingerprint density at radius 2 is 0.769 bits per heavy atom. The van der Waals surface area contributed by atoms with Crippen LogP contribution in [0.5, 0.6) is 0 Å². The van der Waals surface area contributed by atoms with Crippen molar-refractivity contribution < 1.29 is 27.1 Å². The van der Waals surface area contributed by atoms with Crippen LogP contribution in [0.25, 0.3) is 0 Å². The molecule has 0 aromatic heterocycles. The molecule has 0 aromatic carbocycles. The van der Waals surface area contributed by atoms with Crippen LogP contribution in [0.1, 0.15) is 156 Å². The minimum Gasteiger partial charge on any atom is -0.311 e. The van der Waals surface area contributed by atoms with Crippen molar-refractivity contribution in [3.63, 3.8) is 0 Å². The van der Waals surface area contributed by atoms with E-state index in [9.17, 15) is 0 Å². The minimum absolute atomic E-state index is 0.169. The zero-order valence-corrected chi connectivity index (χ0v) is 27.8. The monoisotopic (exact) mass is 592 g/mol. The van der Waals surface area contributed by atoms with Gasteiger partial charge in [0.25, 0.3) is 0 Å². The molecule has 0 bridgehead atoms. The first-order valence-corrected chi connectivity index (χ1v) is 18.7. The Morgan fingerprint density at radius 1 is 0.487 bits per heavy atom. The molecule has 0 amide bonds. The quantitative estimate of drug-likeness (QED) is 0.0821. The smallest absolute Gasteiger partial charge is 0.311 e. The van der Waals surface area contributed by atoms with Gasteiger partial charge in [0.15, 0.2) is 0 Å². The Labute approximate surface area is 244 Å². The first-order chi connectivity index (χ1) is 19.1. The first kappa shape index (κ1) is 35.8. The molecular formula is C31H62O6P2. The summed E-state index contributed by atoms with van der Waals surface area (Å²) in [6.07, 6.45) is 26.7. The summed E-state index contributed by atoms with van der Waals surface area (Å²) in [5.74, 6) is 0. The Balaban J connectivity index is 1.45. The average molecular weight is 593 g/mol. The highest BCUT2D eigenvalue weighted by molar-refractivity contribution is 7.42. The van der Waals surface area contributed by atoms with E-state index in [4.69, 9.17) is 27.1 Å². The van der Waals surface area contributed by atoms with Gasteiger partial charge in [-0.2, -0.15) is 0 Å². The molecule has 2 aliphatic heterocycles. The van der Waals surface area contributed by atoms with E-state index in [2.05, 4.69) is 27.7 Å². The highest BCUT2D eigenvalue weighted by Gasteiger charge is 2.44. The number of rotatable bonds is 24. The van der Waals surface area contributed by atoms with Crippen LogP contribution in [0.2, 0.25) is 0 Å². The topological polar surface area (TPSA) is 55.4 Å². The van der Waals surface area contributed by atoms with Crippen molar-refractivity contribution in [2.24, 2.45) is 5.41 Å². The molecule has 39 heavy (non-hydrogen) atoms. The Bertz CT molecular complexity index is 502. The van der Waals surface area contributed by atoms with E-state index in [1.165, 1.54) is 116 Å². The third-order valence-corrected chi connectivity index (χ3v) is 10.3. The van der Waals surface area contributed by atoms with Crippen LogP contribution in [0, 0.1) is 5.41 Å². The zero-order chi connectivity index (χ0) is 28.0. The van der Waals surface area contributed by atoms with E-state index < -0.39 is 17.2 Å². The number of hydrogen-bond acceptors (Lipinski definition) is 6. The first-order valence-electron chi connectivity index (χ1n) is 16.5. The summed E-state index contributed by atoms with van der Waals surface area (Å²) in [5, 5.41) is 0. The molecule has 2 fully saturated rings. The third kappa shape index (κ3) is 17.4. The maximum absolute atomic E-state index is 6.07. The number of unbranched alkanes of at least 4 members (excludes halogenated alkanes) is 16. The molecule has 2 rings (SSSR count).